The van der Waals surface area contributed by atoms with Crippen LogP contribution in [0.5, 0.6) is 11.5 Å². The minimum absolute atomic E-state index is 0.382. The third-order valence-corrected chi connectivity index (χ3v) is 3.68. The summed E-state index contributed by atoms with van der Waals surface area (Å²) in [4.78, 5) is 8.06. The molecule has 0 aliphatic carbocycles. The zero-order valence-corrected chi connectivity index (χ0v) is 11.8. The minimum Gasteiger partial charge on any atom is -0.489 e. The van der Waals surface area contributed by atoms with Crippen molar-refractivity contribution in [3.63, 3.8) is 0 Å². The molecule has 0 bridgehead atoms. The van der Waals surface area contributed by atoms with Gasteiger partial charge in [0.2, 0.25) is 0 Å². The molecule has 0 fully saturated rings. The Kier molecular flexibility index (Phi) is 3.78. The lowest BCUT2D eigenvalue weighted by molar-refractivity contribution is 0.297. The molecule has 0 saturated heterocycles. The van der Waals surface area contributed by atoms with E-state index < -0.39 is 0 Å². The standard InChI is InChI=1S/C15H21N3O2/c1-10(4-2-5-16)15-17-11-8-13-14(9-12(11)18-15)20-7-3-6-19-13/h8-10H,2-7,16H2,1H3,(H,17,18). The normalized spacial score (nSPS) is 16.1. The van der Waals surface area contributed by atoms with Crippen molar-refractivity contribution in [2.24, 2.45) is 5.73 Å². The highest BCUT2D eigenvalue weighted by Gasteiger charge is 2.16. The van der Waals surface area contributed by atoms with Gasteiger partial charge in [-0.05, 0) is 19.4 Å². The van der Waals surface area contributed by atoms with Crippen molar-refractivity contribution in [1.29, 1.82) is 0 Å². The summed E-state index contributed by atoms with van der Waals surface area (Å²) >= 11 is 0. The van der Waals surface area contributed by atoms with Gasteiger partial charge in [0.25, 0.3) is 0 Å². The molecular formula is C15H21N3O2. The minimum atomic E-state index is 0.382. The summed E-state index contributed by atoms with van der Waals surface area (Å²) in [5, 5.41) is 0. The number of aromatic nitrogens is 2. The first kappa shape index (κ1) is 13.2. The largest absolute Gasteiger partial charge is 0.489 e. The molecule has 2 heterocycles. The summed E-state index contributed by atoms with van der Waals surface area (Å²) in [6.07, 6.45) is 2.97. The van der Waals surface area contributed by atoms with E-state index in [2.05, 4.69) is 16.9 Å². The van der Waals surface area contributed by atoms with Crippen LogP contribution in [0.4, 0.5) is 0 Å². The molecule has 0 amide bonds. The Bertz CT molecular complexity index is 551. The Hall–Kier alpha value is -1.75. The summed E-state index contributed by atoms with van der Waals surface area (Å²) in [7, 11) is 0. The van der Waals surface area contributed by atoms with E-state index in [9.17, 15) is 0 Å². The molecule has 0 radical (unpaired) electrons. The van der Waals surface area contributed by atoms with Crippen LogP contribution in [0.25, 0.3) is 11.0 Å². The Labute approximate surface area is 118 Å². The van der Waals surface area contributed by atoms with Crippen molar-refractivity contribution < 1.29 is 9.47 Å². The van der Waals surface area contributed by atoms with Gasteiger partial charge in [-0.1, -0.05) is 6.92 Å². The topological polar surface area (TPSA) is 73.2 Å². The number of hydrogen-bond acceptors (Lipinski definition) is 4. The van der Waals surface area contributed by atoms with Crippen molar-refractivity contribution in [2.45, 2.75) is 32.1 Å². The Balaban J connectivity index is 1.91. The Morgan fingerprint density at radius 2 is 2.05 bits per heavy atom. The van der Waals surface area contributed by atoms with Gasteiger partial charge >= 0.3 is 0 Å². The number of fused-ring (bicyclic) bond motifs is 2. The van der Waals surface area contributed by atoms with Crippen molar-refractivity contribution in [3.8, 4) is 11.5 Å². The molecule has 1 aromatic heterocycles. The van der Waals surface area contributed by atoms with Gasteiger partial charge < -0.3 is 20.2 Å². The molecule has 1 aliphatic heterocycles. The third-order valence-electron chi connectivity index (χ3n) is 3.68. The number of ether oxygens (including phenoxy) is 2. The smallest absolute Gasteiger partial charge is 0.163 e. The van der Waals surface area contributed by atoms with Crippen molar-refractivity contribution in [2.75, 3.05) is 19.8 Å². The second-order valence-corrected chi connectivity index (χ2v) is 5.32. The SMILES string of the molecule is CC(CCCN)c1nc2cc3c(cc2[nH]1)OCCCO3. The average molecular weight is 275 g/mol. The lowest BCUT2D eigenvalue weighted by Gasteiger charge is -2.06. The fraction of sp³-hybridized carbons (Fsp3) is 0.533. The van der Waals surface area contributed by atoms with Crippen LogP contribution < -0.4 is 15.2 Å². The van der Waals surface area contributed by atoms with Gasteiger partial charge in [0.15, 0.2) is 11.5 Å². The lowest BCUT2D eigenvalue weighted by Crippen LogP contribution is -2.02. The number of aromatic amines is 1. The van der Waals surface area contributed by atoms with E-state index in [1.165, 1.54) is 0 Å². The zero-order valence-electron chi connectivity index (χ0n) is 11.8. The van der Waals surface area contributed by atoms with Crippen molar-refractivity contribution >= 4 is 11.0 Å². The summed E-state index contributed by atoms with van der Waals surface area (Å²) in [5.74, 6) is 2.99. The number of nitrogens with two attached hydrogens (primary N) is 1. The van der Waals surface area contributed by atoms with Gasteiger partial charge in [0, 0.05) is 24.5 Å². The summed E-state index contributed by atoms with van der Waals surface area (Å²) in [5.41, 5.74) is 7.50. The molecule has 5 nitrogen and oxygen atoms in total. The second kappa shape index (κ2) is 5.71. The van der Waals surface area contributed by atoms with E-state index in [0.29, 0.717) is 19.1 Å². The maximum Gasteiger partial charge on any atom is 0.163 e. The monoisotopic (exact) mass is 275 g/mol. The molecule has 3 N–H and O–H groups in total. The van der Waals surface area contributed by atoms with Crippen LogP contribution in [0.1, 0.15) is 37.9 Å². The van der Waals surface area contributed by atoms with Crippen LogP contribution in [-0.4, -0.2) is 29.7 Å². The maximum absolute atomic E-state index is 5.70. The van der Waals surface area contributed by atoms with Crippen LogP contribution in [0.3, 0.4) is 0 Å². The fourth-order valence-electron chi connectivity index (χ4n) is 2.48. The van der Waals surface area contributed by atoms with Crippen LogP contribution in [-0.2, 0) is 0 Å². The first-order chi connectivity index (χ1) is 9.78. The summed E-state index contributed by atoms with van der Waals surface area (Å²) < 4.78 is 11.4. The number of benzene rings is 1. The molecule has 1 atom stereocenters. The Morgan fingerprint density at radius 3 is 2.80 bits per heavy atom. The van der Waals surface area contributed by atoms with Crippen LogP contribution >= 0.6 is 0 Å². The highest BCUT2D eigenvalue weighted by atomic mass is 16.5. The van der Waals surface area contributed by atoms with E-state index >= 15 is 0 Å². The third kappa shape index (κ3) is 2.58. The molecular weight excluding hydrogens is 254 g/mol. The predicted octanol–water partition coefficient (Wildman–Crippen LogP) is 2.57. The Morgan fingerprint density at radius 1 is 1.30 bits per heavy atom. The van der Waals surface area contributed by atoms with Gasteiger partial charge in [-0.25, -0.2) is 4.98 Å². The molecule has 108 valence electrons. The first-order valence-corrected chi connectivity index (χ1v) is 7.27. The van der Waals surface area contributed by atoms with Gasteiger partial charge in [-0.3, -0.25) is 0 Å². The maximum atomic E-state index is 5.70. The highest BCUT2D eigenvalue weighted by Crippen LogP contribution is 2.34. The second-order valence-electron chi connectivity index (χ2n) is 5.32. The number of nitrogens with zero attached hydrogens (tertiary/aromatic N) is 1. The van der Waals surface area contributed by atoms with E-state index in [-0.39, 0.29) is 0 Å². The molecule has 1 unspecified atom stereocenters. The number of H-pyrrole nitrogens is 1. The number of nitrogens with one attached hydrogen (secondary N) is 1. The van der Waals surface area contributed by atoms with E-state index in [0.717, 1.165) is 54.2 Å². The van der Waals surface area contributed by atoms with Gasteiger partial charge in [0.05, 0.1) is 24.2 Å². The van der Waals surface area contributed by atoms with E-state index in [4.69, 9.17) is 15.2 Å². The predicted molar refractivity (Wildman–Crippen MR) is 78.4 cm³/mol. The van der Waals surface area contributed by atoms with Crippen molar-refractivity contribution in [3.05, 3.63) is 18.0 Å². The van der Waals surface area contributed by atoms with Gasteiger partial charge in [0.1, 0.15) is 5.82 Å². The van der Waals surface area contributed by atoms with E-state index in [1.807, 2.05) is 12.1 Å². The van der Waals surface area contributed by atoms with Crippen LogP contribution in [0, 0.1) is 0 Å². The summed E-state index contributed by atoms with van der Waals surface area (Å²) in [6.45, 7) is 4.29. The number of hydrogen-bond donors (Lipinski definition) is 2. The average Bonchev–Trinajstić information content (AvgIpc) is 2.73. The number of imidazole rings is 1. The number of rotatable bonds is 4. The molecule has 5 heteroatoms. The zero-order chi connectivity index (χ0) is 13.9. The molecule has 3 rings (SSSR count). The molecule has 1 aromatic carbocycles. The van der Waals surface area contributed by atoms with Gasteiger partial charge in [-0.15, -0.1) is 0 Å². The van der Waals surface area contributed by atoms with E-state index in [1.54, 1.807) is 0 Å². The molecule has 0 spiro atoms. The lowest BCUT2D eigenvalue weighted by atomic mass is 10.1. The van der Waals surface area contributed by atoms with Crippen LogP contribution in [0.2, 0.25) is 0 Å². The first-order valence-electron chi connectivity index (χ1n) is 7.27. The molecule has 20 heavy (non-hydrogen) atoms. The van der Waals surface area contributed by atoms with Gasteiger partial charge in [-0.2, -0.15) is 0 Å². The molecule has 0 saturated carbocycles. The quantitative estimate of drug-likeness (QED) is 0.899. The molecule has 1 aliphatic rings. The fourth-order valence-corrected chi connectivity index (χ4v) is 2.48. The summed E-state index contributed by atoms with van der Waals surface area (Å²) in [6, 6.07) is 3.95. The molecule has 2 aromatic rings. The van der Waals surface area contributed by atoms with Crippen molar-refractivity contribution in [1.82, 2.24) is 9.97 Å². The highest BCUT2D eigenvalue weighted by molar-refractivity contribution is 5.80. The van der Waals surface area contributed by atoms with Crippen LogP contribution in [0.15, 0.2) is 12.1 Å².